The molecule has 0 aliphatic heterocycles. The average Bonchev–Trinajstić information content (AvgIpc) is 1.69. The van der Waals surface area contributed by atoms with Crippen LogP contribution in [0, 0.1) is 0 Å². The highest BCUT2D eigenvalue weighted by Gasteiger charge is 1.89. The molecule has 2 nitrogen and oxygen atoms in total. The summed E-state index contributed by atoms with van der Waals surface area (Å²) in [6, 6.07) is 0. The van der Waals surface area contributed by atoms with Gasteiger partial charge in [0.1, 0.15) is 5.84 Å². The standard InChI is InChI=1S/C6H12N2/c1-5-6(7-2)8(3)4/h5H,1H2,2-4H3/b7-6+. The van der Waals surface area contributed by atoms with Crippen molar-refractivity contribution in [3.05, 3.63) is 12.7 Å². The van der Waals surface area contributed by atoms with Crippen LogP contribution in [0.5, 0.6) is 0 Å². The highest BCUT2D eigenvalue weighted by molar-refractivity contribution is 5.91. The van der Waals surface area contributed by atoms with Crippen molar-refractivity contribution in [2.75, 3.05) is 21.1 Å². The molecular formula is C6H12N2. The van der Waals surface area contributed by atoms with E-state index >= 15 is 0 Å². The van der Waals surface area contributed by atoms with Crippen LogP contribution in [-0.4, -0.2) is 31.9 Å². The molecule has 0 saturated heterocycles. The third-order valence-corrected chi connectivity index (χ3v) is 0.870. The molecule has 0 N–H and O–H groups in total. The van der Waals surface area contributed by atoms with E-state index in [-0.39, 0.29) is 0 Å². The lowest BCUT2D eigenvalue weighted by molar-refractivity contribution is 0.625. The van der Waals surface area contributed by atoms with Crippen molar-refractivity contribution < 1.29 is 0 Å². The SMILES string of the molecule is C=C/C(=N\C)N(C)C. The number of aliphatic imine (C=N–C) groups is 1. The Morgan fingerprint density at radius 2 is 2.12 bits per heavy atom. The summed E-state index contributed by atoms with van der Waals surface area (Å²) in [5.41, 5.74) is 0. The average molecular weight is 112 g/mol. The summed E-state index contributed by atoms with van der Waals surface area (Å²) < 4.78 is 0. The van der Waals surface area contributed by atoms with E-state index in [1.807, 2.05) is 19.0 Å². The second-order valence-corrected chi connectivity index (χ2v) is 1.68. The molecule has 0 bridgehead atoms. The Balaban J connectivity index is 3.91. The molecule has 0 heterocycles. The molecule has 0 fully saturated rings. The van der Waals surface area contributed by atoms with Gasteiger partial charge in [-0.3, -0.25) is 4.99 Å². The number of nitrogens with zero attached hydrogens (tertiary/aromatic N) is 2. The van der Waals surface area contributed by atoms with Crippen molar-refractivity contribution in [1.29, 1.82) is 0 Å². The third kappa shape index (κ3) is 1.78. The van der Waals surface area contributed by atoms with E-state index < -0.39 is 0 Å². The predicted molar refractivity (Wildman–Crippen MR) is 37.2 cm³/mol. The molecule has 0 aromatic rings. The van der Waals surface area contributed by atoms with Crippen LogP contribution in [0.1, 0.15) is 0 Å². The first-order chi connectivity index (χ1) is 3.72. The zero-order chi connectivity index (χ0) is 6.57. The van der Waals surface area contributed by atoms with E-state index in [4.69, 9.17) is 0 Å². The van der Waals surface area contributed by atoms with Crippen molar-refractivity contribution >= 4 is 5.84 Å². The van der Waals surface area contributed by atoms with Crippen molar-refractivity contribution in [2.45, 2.75) is 0 Å². The quantitative estimate of drug-likeness (QED) is 0.361. The molecule has 0 radical (unpaired) electrons. The highest BCUT2D eigenvalue weighted by atomic mass is 15.1. The van der Waals surface area contributed by atoms with E-state index in [0.29, 0.717) is 0 Å². The van der Waals surface area contributed by atoms with Crippen LogP contribution in [0.3, 0.4) is 0 Å². The summed E-state index contributed by atoms with van der Waals surface area (Å²) in [6.07, 6.45) is 1.72. The minimum Gasteiger partial charge on any atom is -0.363 e. The van der Waals surface area contributed by atoms with Crippen LogP contribution in [0.4, 0.5) is 0 Å². The van der Waals surface area contributed by atoms with E-state index in [0.717, 1.165) is 5.84 Å². The van der Waals surface area contributed by atoms with Crippen molar-refractivity contribution in [2.24, 2.45) is 4.99 Å². The lowest BCUT2D eigenvalue weighted by atomic mass is 10.5. The summed E-state index contributed by atoms with van der Waals surface area (Å²) in [4.78, 5) is 5.84. The molecule has 0 aliphatic carbocycles. The van der Waals surface area contributed by atoms with Gasteiger partial charge >= 0.3 is 0 Å². The maximum atomic E-state index is 3.93. The zero-order valence-corrected chi connectivity index (χ0v) is 5.68. The molecule has 46 valence electrons. The van der Waals surface area contributed by atoms with Crippen LogP contribution in [0.25, 0.3) is 0 Å². The Morgan fingerprint density at radius 1 is 1.62 bits per heavy atom. The summed E-state index contributed by atoms with van der Waals surface area (Å²) >= 11 is 0. The van der Waals surface area contributed by atoms with Gasteiger partial charge in [0.2, 0.25) is 0 Å². The Bertz CT molecular complexity index is 103. The fourth-order valence-corrected chi connectivity index (χ4v) is 0.474. The summed E-state index contributed by atoms with van der Waals surface area (Å²) in [5, 5.41) is 0. The van der Waals surface area contributed by atoms with Gasteiger partial charge in [0.15, 0.2) is 0 Å². The Morgan fingerprint density at radius 3 is 2.12 bits per heavy atom. The van der Waals surface area contributed by atoms with Gasteiger partial charge in [0.05, 0.1) is 0 Å². The number of likely N-dealkylation sites (N-methyl/N-ethyl adjacent to an activating group) is 1. The molecule has 0 aromatic carbocycles. The molecule has 0 saturated carbocycles. The van der Waals surface area contributed by atoms with E-state index in [9.17, 15) is 0 Å². The van der Waals surface area contributed by atoms with E-state index in [2.05, 4.69) is 11.6 Å². The Hall–Kier alpha value is -0.790. The summed E-state index contributed by atoms with van der Waals surface area (Å²) in [7, 11) is 5.62. The first kappa shape index (κ1) is 7.21. The maximum absolute atomic E-state index is 3.93. The third-order valence-electron chi connectivity index (χ3n) is 0.870. The van der Waals surface area contributed by atoms with Crippen molar-refractivity contribution in [3.63, 3.8) is 0 Å². The molecule has 0 rings (SSSR count). The lowest BCUT2D eigenvalue weighted by Gasteiger charge is -2.09. The smallest absolute Gasteiger partial charge is 0.122 e. The molecule has 0 aliphatic rings. The Kier molecular flexibility index (Phi) is 2.92. The number of rotatable bonds is 1. The van der Waals surface area contributed by atoms with Crippen LogP contribution >= 0.6 is 0 Å². The monoisotopic (exact) mass is 112 g/mol. The van der Waals surface area contributed by atoms with Crippen LogP contribution in [0.2, 0.25) is 0 Å². The summed E-state index contributed by atoms with van der Waals surface area (Å²) in [6.45, 7) is 3.58. The molecule has 0 aromatic heterocycles. The number of hydrogen-bond acceptors (Lipinski definition) is 1. The first-order valence-electron chi connectivity index (χ1n) is 2.49. The normalized spacial score (nSPS) is 11.1. The fourth-order valence-electron chi connectivity index (χ4n) is 0.474. The van der Waals surface area contributed by atoms with Gasteiger partial charge in [0, 0.05) is 21.1 Å². The van der Waals surface area contributed by atoms with Crippen LogP contribution in [-0.2, 0) is 0 Å². The van der Waals surface area contributed by atoms with Gasteiger partial charge in [-0.15, -0.1) is 0 Å². The van der Waals surface area contributed by atoms with Crippen LogP contribution < -0.4 is 0 Å². The minimum atomic E-state index is 0.907. The van der Waals surface area contributed by atoms with E-state index in [1.54, 1.807) is 13.1 Å². The molecule has 0 amide bonds. The minimum absolute atomic E-state index is 0.907. The molecular weight excluding hydrogens is 100 g/mol. The zero-order valence-electron chi connectivity index (χ0n) is 5.68. The largest absolute Gasteiger partial charge is 0.363 e. The van der Waals surface area contributed by atoms with Crippen molar-refractivity contribution in [1.82, 2.24) is 4.90 Å². The fraction of sp³-hybridized carbons (Fsp3) is 0.500. The Labute approximate surface area is 50.5 Å². The van der Waals surface area contributed by atoms with Gasteiger partial charge in [-0.2, -0.15) is 0 Å². The molecule has 0 unspecified atom stereocenters. The summed E-state index contributed by atoms with van der Waals surface area (Å²) in [5.74, 6) is 0.907. The van der Waals surface area contributed by atoms with Gasteiger partial charge in [-0.05, 0) is 6.08 Å². The van der Waals surface area contributed by atoms with Gasteiger partial charge in [0.25, 0.3) is 0 Å². The molecule has 0 spiro atoms. The van der Waals surface area contributed by atoms with Crippen LogP contribution in [0.15, 0.2) is 17.6 Å². The second kappa shape index (κ2) is 3.24. The number of amidine groups is 1. The molecule has 0 atom stereocenters. The highest BCUT2D eigenvalue weighted by Crippen LogP contribution is 1.81. The van der Waals surface area contributed by atoms with Crippen molar-refractivity contribution in [3.8, 4) is 0 Å². The molecule has 2 heteroatoms. The lowest BCUT2D eigenvalue weighted by Crippen LogP contribution is -2.18. The number of hydrogen-bond donors (Lipinski definition) is 0. The first-order valence-corrected chi connectivity index (χ1v) is 2.49. The van der Waals surface area contributed by atoms with E-state index in [1.165, 1.54) is 0 Å². The van der Waals surface area contributed by atoms with Gasteiger partial charge in [-0.1, -0.05) is 6.58 Å². The predicted octanol–water partition coefficient (Wildman–Crippen LogP) is 0.762. The molecule has 8 heavy (non-hydrogen) atoms. The van der Waals surface area contributed by atoms with Gasteiger partial charge in [-0.25, -0.2) is 0 Å². The van der Waals surface area contributed by atoms with Gasteiger partial charge < -0.3 is 4.90 Å². The maximum Gasteiger partial charge on any atom is 0.122 e. The topological polar surface area (TPSA) is 15.6 Å². The second-order valence-electron chi connectivity index (χ2n) is 1.68.